The lowest BCUT2D eigenvalue weighted by molar-refractivity contribution is -0.124. The van der Waals surface area contributed by atoms with Crippen molar-refractivity contribution in [3.63, 3.8) is 0 Å². The van der Waals surface area contributed by atoms with Gasteiger partial charge < -0.3 is 5.32 Å². The Bertz CT molecular complexity index is 586. The Kier molecular flexibility index (Phi) is 2.91. The molecule has 0 aliphatic heterocycles. The molecular weight excluding hydrogens is 218 g/mol. The van der Waals surface area contributed by atoms with Gasteiger partial charge in [-0.15, -0.1) is 0 Å². The number of aryl methyl sites for hydroxylation is 1. The summed E-state index contributed by atoms with van der Waals surface area (Å²) in [7, 11) is 1.84. The highest BCUT2D eigenvalue weighted by atomic mass is 16.2. The average Bonchev–Trinajstić information content (AvgIpc) is 2.59. The van der Waals surface area contributed by atoms with Crippen molar-refractivity contribution in [2.75, 3.05) is 5.32 Å². The Balaban J connectivity index is 2.21. The van der Waals surface area contributed by atoms with Crippen molar-refractivity contribution < 1.29 is 9.59 Å². The molecule has 0 saturated heterocycles. The third-order valence-corrected chi connectivity index (χ3v) is 2.44. The minimum atomic E-state index is -0.293. The third-order valence-electron chi connectivity index (χ3n) is 2.44. The van der Waals surface area contributed by atoms with Gasteiger partial charge in [-0.25, -0.2) is 0 Å². The minimum absolute atomic E-state index is 0.0938. The van der Waals surface area contributed by atoms with Crippen molar-refractivity contribution in [1.29, 1.82) is 0 Å². The highest BCUT2D eigenvalue weighted by Gasteiger charge is 2.06. The summed E-state index contributed by atoms with van der Waals surface area (Å²) in [6, 6.07) is 5.51. The molecule has 0 radical (unpaired) electrons. The fourth-order valence-electron chi connectivity index (χ4n) is 1.65. The maximum atomic E-state index is 11.4. The Morgan fingerprint density at radius 1 is 1.41 bits per heavy atom. The van der Waals surface area contributed by atoms with E-state index in [-0.39, 0.29) is 18.1 Å². The third kappa shape index (κ3) is 2.50. The molecule has 0 atom stereocenters. The van der Waals surface area contributed by atoms with E-state index in [0.29, 0.717) is 5.69 Å². The number of aromatic nitrogens is 2. The van der Waals surface area contributed by atoms with Crippen LogP contribution >= 0.6 is 0 Å². The zero-order valence-electron chi connectivity index (χ0n) is 9.73. The molecule has 1 aromatic heterocycles. The summed E-state index contributed by atoms with van der Waals surface area (Å²) in [4.78, 5) is 22.2. The van der Waals surface area contributed by atoms with E-state index in [1.807, 2.05) is 19.2 Å². The lowest BCUT2D eigenvalue weighted by Gasteiger charge is -2.04. The number of hydrogen-bond donors (Lipinski definition) is 1. The number of ketones is 1. The van der Waals surface area contributed by atoms with Crippen molar-refractivity contribution in [2.24, 2.45) is 7.05 Å². The van der Waals surface area contributed by atoms with Crippen LogP contribution in [0.2, 0.25) is 0 Å². The number of amides is 1. The van der Waals surface area contributed by atoms with Crippen LogP contribution in [-0.4, -0.2) is 21.5 Å². The van der Waals surface area contributed by atoms with Gasteiger partial charge in [0.2, 0.25) is 5.91 Å². The number of hydrogen-bond acceptors (Lipinski definition) is 3. The number of rotatable bonds is 3. The number of benzene rings is 1. The van der Waals surface area contributed by atoms with Gasteiger partial charge in [0.25, 0.3) is 0 Å². The smallest absolute Gasteiger partial charge is 0.231 e. The lowest BCUT2D eigenvalue weighted by Crippen LogP contribution is -2.14. The molecule has 5 nitrogen and oxygen atoms in total. The second kappa shape index (κ2) is 4.37. The minimum Gasteiger partial charge on any atom is -0.326 e. The van der Waals surface area contributed by atoms with Crippen LogP contribution in [0.3, 0.4) is 0 Å². The topological polar surface area (TPSA) is 64.0 Å². The first kappa shape index (κ1) is 11.3. The van der Waals surface area contributed by atoms with Crippen LogP contribution in [0.15, 0.2) is 24.4 Å². The fourth-order valence-corrected chi connectivity index (χ4v) is 1.65. The van der Waals surface area contributed by atoms with Gasteiger partial charge in [0.05, 0.1) is 18.1 Å². The van der Waals surface area contributed by atoms with Crippen molar-refractivity contribution in [1.82, 2.24) is 9.78 Å². The molecular formula is C12H13N3O2. The highest BCUT2D eigenvalue weighted by molar-refractivity contribution is 6.04. The summed E-state index contributed by atoms with van der Waals surface area (Å²) in [6.45, 7) is 1.39. The molecule has 2 rings (SSSR count). The molecule has 17 heavy (non-hydrogen) atoms. The molecule has 0 saturated carbocycles. The molecule has 0 aliphatic carbocycles. The molecule has 1 N–H and O–H groups in total. The molecule has 0 bridgehead atoms. The molecule has 1 amide bonds. The van der Waals surface area contributed by atoms with Gasteiger partial charge in [-0.3, -0.25) is 14.3 Å². The maximum Gasteiger partial charge on any atom is 0.231 e. The molecule has 0 fully saturated rings. The molecule has 1 heterocycles. The van der Waals surface area contributed by atoms with Crippen LogP contribution in [0.4, 0.5) is 5.69 Å². The van der Waals surface area contributed by atoms with E-state index in [9.17, 15) is 9.59 Å². The predicted molar refractivity (Wildman–Crippen MR) is 64.6 cm³/mol. The first-order valence-corrected chi connectivity index (χ1v) is 5.27. The van der Waals surface area contributed by atoms with Gasteiger partial charge in [0.15, 0.2) is 0 Å². The summed E-state index contributed by atoms with van der Waals surface area (Å²) < 4.78 is 1.73. The normalized spacial score (nSPS) is 10.5. The van der Waals surface area contributed by atoms with E-state index in [2.05, 4.69) is 10.4 Å². The van der Waals surface area contributed by atoms with Gasteiger partial charge in [0.1, 0.15) is 5.78 Å². The van der Waals surface area contributed by atoms with E-state index in [1.165, 1.54) is 6.92 Å². The van der Waals surface area contributed by atoms with Crippen LogP contribution in [0.25, 0.3) is 10.9 Å². The van der Waals surface area contributed by atoms with E-state index < -0.39 is 0 Å². The molecule has 1 aromatic carbocycles. The summed E-state index contributed by atoms with van der Waals surface area (Å²) >= 11 is 0. The van der Waals surface area contributed by atoms with Crippen molar-refractivity contribution in [2.45, 2.75) is 13.3 Å². The Labute approximate surface area is 98.4 Å². The van der Waals surface area contributed by atoms with E-state index >= 15 is 0 Å². The van der Waals surface area contributed by atoms with Crippen molar-refractivity contribution in [3.05, 3.63) is 24.4 Å². The molecule has 0 spiro atoms. The Morgan fingerprint density at radius 3 is 2.88 bits per heavy atom. The second-order valence-electron chi connectivity index (χ2n) is 3.97. The number of Topliss-reactive ketones (excluding diaryl/α,β-unsaturated/α-hetero) is 1. The standard InChI is InChI=1S/C12H13N3O2/c1-8(16)5-12(17)14-10-4-3-9-7-13-15(2)11(9)6-10/h3-4,6-7H,5H2,1-2H3,(H,14,17). The predicted octanol–water partition coefficient (Wildman–Crippen LogP) is 1.49. The zero-order chi connectivity index (χ0) is 12.4. The molecule has 0 unspecified atom stereocenters. The Morgan fingerprint density at radius 2 is 2.18 bits per heavy atom. The van der Waals surface area contributed by atoms with Crippen LogP contribution in [0.1, 0.15) is 13.3 Å². The molecule has 88 valence electrons. The number of carbonyl (C=O) groups is 2. The second-order valence-corrected chi connectivity index (χ2v) is 3.97. The summed E-state index contributed by atoms with van der Waals surface area (Å²) in [5.41, 5.74) is 1.61. The SMILES string of the molecule is CC(=O)CC(=O)Nc1ccc2cnn(C)c2c1. The number of anilines is 1. The summed E-state index contributed by atoms with van der Waals surface area (Å²) in [6.07, 6.45) is 1.67. The fraction of sp³-hybridized carbons (Fsp3) is 0.250. The van der Waals surface area contributed by atoms with Gasteiger partial charge >= 0.3 is 0 Å². The van der Waals surface area contributed by atoms with Crippen LogP contribution < -0.4 is 5.32 Å². The number of carbonyl (C=O) groups excluding carboxylic acids is 2. The summed E-state index contributed by atoms with van der Waals surface area (Å²) in [5, 5.41) is 7.81. The number of nitrogens with one attached hydrogen (secondary N) is 1. The monoisotopic (exact) mass is 231 g/mol. The van der Waals surface area contributed by atoms with E-state index in [4.69, 9.17) is 0 Å². The van der Waals surface area contributed by atoms with Gasteiger partial charge in [-0.05, 0) is 25.1 Å². The maximum absolute atomic E-state index is 11.4. The largest absolute Gasteiger partial charge is 0.326 e. The highest BCUT2D eigenvalue weighted by Crippen LogP contribution is 2.18. The van der Waals surface area contributed by atoms with Gasteiger partial charge in [-0.1, -0.05) is 0 Å². The lowest BCUT2D eigenvalue weighted by atomic mass is 10.2. The molecule has 5 heteroatoms. The van der Waals surface area contributed by atoms with Gasteiger partial charge in [-0.2, -0.15) is 5.10 Å². The zero-order valence-corrected chi connectivity index (χ0v) is 9.73. The van der Waals surface area contributed by atoms with E-state index in [0.717, 1.165) is 10.9 Å². The first-order chi connectivity index (χ1) is 8.06. The first-order valence-electron chi connectivity index (χ1n) is 5.27. The van der Waals surface area contributed by atoms with Crippen molar-refractivity contribution >= 4 is 28.3 Å². The van der Waals surface area contributed by atoms with Crippen molar-refractivity contribution in [3.8, 4) is 0 Å². The van der Waals surface area contributed by atoms with E-state index in [1.54, 1.807) is 16.9 Å². The van der Waals surface area contributed by atoms with Crippen LogP contribution in [-0.2, 0) is 16.6 Å². The van der Waals surface area contributed by atoms with Crippen LogP contribution in [0, 0.1) is 0 Å². The number of nitrogens with zero attached hydrogens (tertiary/aromatic N) is 2. The summed E-state index contributed by atoms with van der Waals surface area (Å²) in [5.74, 6) is -0.442. The molecule has 0 aliphatic rings. The molecule has 2 aromatic rings. The Hall–Kier alpha value is -2.17. The number of fused-ring (bicyclic) bond motifs is 1. The van der Waals surface area contributed by atoms with Crippen LogP contribution in [0.5, 0.6) is 0 Å². The quantitative estimate of drug-likeness (QED) is 0.814. The van der Waals surface area contributed by atoms with Gasteiger partial charge in [0, 0.05) is 18.1 Å². The average molecular weight is 231 g/mol.